The minimum atomic E-state index is -0.0662. The van der Waals surface area contributed by atoms with Crippen LogP contribution in [0.5, 0.6) is 0 Å². The quantitative estimate of drug-likeness (QED) is 0.512. The maximum absolute atomic E-state index is 11.9. The molecule has 1 atom stereocenters. The Labute approximate surface area is 201 Å². The van der Waals surface area contributed by atoms with Gasteiger partial charge in [-0.2, -0.15) is 5.26 Å². The number of rotatable bonds is 7. The third-order valence-corrected chi connectivity index (χ3v) is 5.09. The van der Waals surface area contributed by atoms with E-state index in [9.17, 15) is 4.79 Å². The lowest BCUT2D eigenvalue weighted by Gasteiger charge is -2.07. The molecule has 1 aromatic heterocycles. The highest BCUT2D eigenvalue weighted by atomic mass is 16.1. The summed E-state index contributed by atoms with van der Waals surface area (Å²) in [7, 11) is 0. The maximum Gasteiger partial charge on any atom is 0.229 e. The molecule has 0 saturated carbocycles. The van der Waals surface area contributed by atoms with Gasteiger partial charge in [-0.3, -0.25) is 9.79 Å². The molecule has 1 amide bonds. The van der Waals surface area contributed by atoms with Crippen LogP contribution in [-0.2, 0) is 4.79 Å². The SMILES string of the molecule is C/C(C=Nc1ccc(NC(=O)CC2=CCCC=C2)nc1)=C/N.CC(CN)c1ccc(C#N)cc1. The number of carbonyl (C=O) groups excluding carboxylic acids is 1. The highest BCUT2D eigenvalue weighted by Gasteiger charge is 2.07. The van der Waals surface area contributed by atoms with Crippen LogP contribution < -0.4 is 16.8 Å². The van der Waals surface area contributed by atoms with E-state index < -0.39 is 0 Å². The van der Waals surface area contributed by atoms with Crippen molar-refractivity contribution < 1.29 is 4.79 Å². The number of nitrogens with zero attached hydrogens (tertiary/aromatic N) is 3. The molecule has 1 aliphatic rings. The molecule has 0 bridgehead atoms. The molecule has 34 heavy (non-hydrogen) atoms. The van der Waals surface area contributed by atoms with Crippen LogP contribution in [-0.4, -0.2) is 23.7 Å². The van der Waals surface area contributed by atoms with E-state index in [1.165, 1.54) is 11.8 Å². The van der Waals surface area contributed by atoms with Crippen LogP contribution in [0.2, 0.25) is 0 Å². The normalized spacial score (nSPS) is 13.9. The highest BCUT2D eigenvalue weighted by Crippen LogP contribution is 2.16. The molecule has 0 radical (unpaired) electrons. The van der Waals surface area contributed by atoms with Crippen molar-refractivity contribution in [2.24, 2.45) is 16.5 Å². The highest BCUT2D eigenvalue weighted by molar-refractivity contribution is 5.91. The van der Waals surface area contributed by atoms with Crippen molar-refractivity contribution in [1.29, 1.82) is 5.26 Å². The van der Waals surface area contributed by atoms with Crippen LogP contribution in [0.1, 0.15) is 50.2 Å². The van der Waals surface area contributed by atoms with Gasteiger partial charge >= 0.3 is 0 Å². The van der Waals surface area contributed by atoms with Gasteiger partial charge in [-0.05, 0) is 79.4 Å². The van der Waals surface area contributed by atoms with E-state index >= 15 is 0 Å². The maximum atomic E-state index is 11.9. The Morgan fingerprint density at radius 1 is 1.26 bits per heavy atom. The number of nitrogens with one attached hydrogen (secondary N) is 1. The average molecular weight is 457 g/mol. The summed E-state index contributed by atoms with van der Waals surface area (Å²) < 4.78 is 0. The van der Waals surface area contributed by atoms with E-state index in [1.54, 1.807) is 24.5 Å². The van der Waals surface area contributed by atoms with Crippen LogP contribution in [0, 0.1) is 11.3 Å². The number of aromatic nitrogens is 1. The zero-order chi connectivity index (χ0) is 24.8. The molecule has 1 unspecified atom stereocenters. The number of anilines is 1. The first-order chi connectivity index (χ1) is 16.4. The van der Waals surface area contributed by atoms with Gasteiger partial charge in [-0.25, -0.2) is 4.98 Å². The topological polar surface area (TPSA) is 130 Å². The first kappa shape index (κ1) is 26.2. The number of hydrogen-bond acceptors (Lipinski definition) is 6. The van der Waals surface area contributed by atoms with Gasteiger partial charge in [-0.15, -0.1) is 0 Å². The van der Waals surface area contributed by atoms with E-state index in [1.807, 2.05) is 37.3 Å². The van der Waals surface area contributed by atoms with Crippen LogP contribution in [0.25, 0.3) is 0 Å². The second-order valence-electron chi connectivity index (χ2n) is 7.92. The molecule has 2 aromatic rings. The summed E-state index contributed by atoms with van der Waals surface area (Å²) in [6.45, 7) is 4.58. The van der Waals surface area contributed by atoms with Crippen molar-refractivity contribution in [3.05, 3.63) is 89.3 Å². The van der Waals surface area contributed by atoms with Crippen molar-refractivity contribution >= 4 is 23.6 Å². The fraction of sp³-hybridized carbons (Fsp3) is 0.259. The van der Waals surface area contributed by atoms with Gasteiger partial charge in [0.25, 0.3) is 0 Å². The molecule has 0 fully saturated rings. The third kappa shape index (κ3) is 9.23. The van der Waals surface area contributed by atoms with Gasteiger partial charge in [0.15, 0.2) is 0 Å². The van der Waals surface area contributed by atoms with Crippen molar-refractivity contribution in [2.45, 2.75) is 39.0 Å². The Hall–Kier alpha value is -4.02. The number of aliphatic imine (C=N–C) groups is 1. The van der Waals surface area contributed by atoms with E-state index in [4.69, 9.17) is 16.7 Å². The van der Waals surface area contributed by atoms with E-state index in [2.05, 4.69) is 40.4 Å². The van der Waals surface area contributed by atoms with Gasteiger partial charge in [0.1, 0.15) is 5.82 Å². The molecule has 1 aliphatic carbocycles. The lowest BCUT2D eigenvalue weighted by molar-refractivity contribution is -0.115. The second-order valence-corrected chi connectivity index (χ2v) is 7.92. The number of nitriles is 1. The molecule has 5 N–H and O–H groups in total. The molecule has 0 saturated heterocycles. The van der Waals surface area contributed by atoms with Crippen LogP contribution in [0.3, 0.4) is 0 Å². The number of hydrogen-bond donors (Lipinski definition) is 3. The third-order valence-electron chi connectivity index (χ3n) is 5.09. The van der Waals surface area contributed by atoms with Gasteiger partial charge in [-0.1, -0.05) is 37.3 Å². The Morgan fingerprint density at radius 2 is 2.03 bits per heavy atom. The second kappa shape index (κ2) is 14.2. The predicted molar refractivity (Wildman–Crippen MR) is 139 cm³/mol. The van der Waals surface area contributed by atoms with Crippen molar-refractivity contribution in [3.8, 4) is 6.07 Å². The van der Waals surface area contributed by atoms with Crippen LogP contribution in [0.4, 0.5) is 11.5 Å². The summed E-state index contributed by atoms with van der Waals surface area (Å²) in [5.74, 6) is 0.830. The minimum Gasteiger partial charge on any atom is -0.404 e. The molecule has 1 heterocycles. The largest absolute Gasteiger partial charge is 0.404 e. The molecule has 0 spiro atoms. The lowest BCUT2D eigenvalue weighted by atomic mass is 10.0. The zero-order valence-electron chi connectivity index (χ0n) is 19.7. The number of allylic oxidation sites excluding steroid dienone is 4. The van der Waals surface area contributed by atoms with E-state index in [0.29, 0.717) is 36.0 Å². The van der Waals surface area contributed by atoms with E-state index in [-0.39, 0.29) is 5.91 Å². The fourth-order valence-corrected chi connectivity index (χ4v) is 2.95. The van der Waals surface area contributed by atoms with Gasteiger partial charge < -0.3 is 16.8 Å². The van der Waals surface area contributed by atoms with E-state index in [0.717, 1.165) is 24.0 Å². The molecule has 176 valence electrons. The first-order valence-corrected chi connectivity index (χ1v) is 11.2. The van der Waals surface area contributed by atoms with Gasteiger partial charge in [0.05, 0.1) is 29.9 Å². The molecule has 7 nitrogen and oxygen atoms in total. The summed E-state index contributed by atoms with van der Waals surface area (Å²) in [5, 5.41) is 11.3. The first-order valence-electron chi connectivity index (χ1n) is 11.2. The molecular formula is C27H32N6O. The Morgan fingerprint density at radius 3 is 2.59 bits per heavy atom. The molecule has 1 aromatic carbocycles. The van der Waals surface area contributed by atoms with Gasteiger partial charge in [0.2, 0.25) is 5.91 Å². The van der Waals surface area contributed by atoms with Crippen LogP contribution in [0.15, 0.2) is 83.2 Å². The molecule has 0 aliphatic heterocycles. The lowest BCUT2D eigenvalue weighted by Crippen LogP contribution is -2.13. The smallest absolute Gasteiger partial charge is 0.229 e. The number of nitrogens with two attached hydrogens (primary N) is 2. The average Bonchev–Trinajstić information content (AvgIpc) is 2.88. The standard InChI is InChI=1S/C17H20N4O.C10H12N2/c1-13(10-18)11-19-15-7-8-16(20-12-15)21-17(22)9-14-5-3-2-4-6-14;1-8(6-11)10-4-2-9(7-12)3-5-10/h3,5-8,10-12H,2,4,9,18H2,1H3,(H,20,21,22);2-5,8H,6,11H2,1H3/b13-10-,19-11?;. The van der Waals surface area contributed by atoms with Crippen molar-refractivity contribution in [1.82, 2.24) is 4.98 Å². The number of pyridine rings is 1. The summed E-state index contributed by atoms with van der Waals surface area (Å²) in [6.07, 6.45) is 13.4. The Bertz CT molecular complexity index is 1090. The van der Waals surface area contributed by atoms with Crippen molar-refractivity contribution in [2.75, 3.05) is 11.9 Å². The fourth-order valence-electron chi connectivity index (χ4n) is 2.95. The summed E-state index contributed by atoms with van der Waals surface area (Å²) in [4.78, 5) is 20.3. The molecule has 7 heteroatoms. The molecular weight excluding hydrogens is 424 g/mol. The van der Waals surface area contributed by atoms with Crippen LogP contribution >= 0.6 is 0 Å². The monoisotopic (exact) mass is 456 g/mol. The molecule has 3 rings (SSSR count). The van der Waals surface area contributed by atoms with Gasteiger partial charge in [0, 0.05) is 6.21 Å². The Kier molecular flexibility index (Phi) is 11.0. The summed E-state index contributed by atoms with van der Waals surface area (Å²) in [5.41, 5.74) is 15.4. The zero-order valence-corrected chi connectivity index (χ0v) is 19.7. The Balaban J connectivity index is 0.000000287. The summed E-state index contributed by atoms with van der Waals surface area (Å²) in [6, 6.07) is 13.2. The number of benzene rings is 1. The number of carbonyl (C=O) groups is 1. The van der Waals surface area contributed by atoms with Crippen molar-refractivity contribution in [3.63, 3.8) is 0 Å². The number of amides is 1. The predicted octanol–water partition coefficient (Wildman–Crippen LogP) is 4.87. The summed E-state index contributed by atoms with van der Waals surface area (Å²) >= 11 is 0. The minimum absolute atomic E-state index is 0.0662.